The van der Waals surface area contributed by atoms with Crippen molar-refractivity contribution in [3.63, 3.8) is 0 Å². The van der Waals surface area contributed by atoms with Gasteiger partial charge in [-0.1, -0.05) is 0 Å². The van der Waals surface area contributed by atoms with Crippen molar-refractivity contribution in [1.29, 1.82) is 0 Å². The molecule has 0 fully saturated rings. The lowest BCUT2D eigenvalue weighted by atomic mass is 9.85. The van der Waals surface area contributed by atoms with Crippen LogP contribution in [0.4, 0.5) is 8.78 Å². The van der Waals surface area contributed by atoms with Crippen molar-refractivity contribution in [2.75, 3.05) is 0 Å². The number of alkyl halides is 2. The normalized spacial score (nSPS) is 14.2. The average molecular weight is 364 g/mol. The summed E-state index contributed by atoms with van der Waals surface area (Å²) < 4.78 is 26.6. The van der Waals surface area contributed by atoms with E-state index in [-0.39, 0.29) is 11.3 Å². The summed E-state index contributed by atoms with van der Waals surface area (Å²) in [6, 6.07) is 10.5. The van der Waals surface area contributed by atoms with Crippen LogP contribution in [0.15, 0.2) is 42.6 Å². The number of hydrogen-bond donors (Lipinski definition) is 2. The third-order valence-electron chi connectivity index (χ3n) is 5.56. The van der Waals surface area contributed by atoms with Crippen LogP contribution in [0.3, 0.4) is 0 Å². The Bertz CT molecular complexity index is 1180. The first-order chi connectivity index (χ1) is 13.1. The van der Waals surface area contributed by atoms with Gasteiger partial charge in [-0.25, -0.2) is 8.78 Å². The molecule has 0 amide bonds. The number of fused-ring (bicyclic) bond motifs is 5. The number of aryl methyl sites for hydroxylation is 1. The van der Waals surface area contributed by atoms with E-state index in [1.54, 1.807) is 6.07 Å². The van der Waals surface area contributed by atoms with Gasteiger partial charge in [0.2, 0.25) is 0 Å². The lowest BCUT2D eigenvalue weighted by Gasteiger charge is -2.23. The van der Waals surface area contributed by atoms with E-state index in [2.05, 4.69) is 9.97 Å². The molecule has 0 radical (unpaired) electrons. The topological polar surface area (TPSA) is 48.9 Å². The van der Waals surface area contributed by atoms with Crippen molar-refractivity contribution in [2.24, 2.45) is 0 Å². The van der Waals surface area contributed by atoms with Gasteiger partial charge in [0.15, 0.2) is 0 Å². The number of rotatable bonds is 2. The Morgan fingerprint density at radius 2 is 1.81 bits per heavy atom. The summed E-state index contributed by atoms with van der Waals surface area (Å²) in [6.45, 7) is 0. The van der Waals surface area contributed by atoms with E-state index >= 15 is 0 Å². The van der Waals surface area contributed by atoms with Gasteiger partial charge < -0.3 is 10.1 Å². The summed E-state index contributed by atoms with van der Waals surface area (Å²) >= 11 is 0. The van der Waals surface area contributed by atoms with E-state index in [1.807, 2.05) is 24.4 Å². The number of halogens is 2. The molecule has 0 bridgehead atoms. The highest BCUT2D eigenvalue weighted by atomic mass is 19.3. The van der Waals surface area contributed by atoms with Crippen LogP contribution >= 0.6 is 0 Å². The van der Waals surface area contributed by atoms with E-state index in [1.165, 1.54) is 28.6 Å². The summed E-state index contributed by atoms with van der Waals surface area (Å²) in [5.41, 5.74) is 5.66. The van der Waals surface area contributed by atoms with Crippen molar-refractivity contribution < 1.29 is 13.9 Å². The van der Waals surface area contributed by atoms with Crippen LogP contribution in [-0.2, 0) is 12.8 Å². The summed E-state index contributed by atoms with van der Waals surface area (Å²) in [4.78, 5) is 7.90. The van der Waals surface area contributed by atoms with Gasteiger partial charge in [-0.15, -0.1) is 0 Å². The van der Waals surface area contributed by atoms with Crippen LogP contribution in [0.1, 0.15) is 36.0 Å². The molecule has 0 saturated heterocycles. The number of benzene rings is 2. The number of aromatic amines is 1. The van der Waals surface area contributed by atoms with Crippen LogP contribution in [0.2, 0.25) is 0 Å². The van der Waals surface area contributed by atoms with Crippen molar-refractivity contribution in [3.8, 4) is 17.0 Å². The molecule has 1 aliphatic rings. The van der Waals surface area contributed by atoms with Gasteiger partial charge in [0.1, 0.15) is 5.75 Å². The van der Waals surface area contributed by atoms with Gasteiger partial charge in [0.05, 0.1) is 11.1 Å². The zero-order valence-electron chi connectivity index (χ0n) is 14.6. The van der Waals surface area contributed by atoms with Crippen LogP contribution in [-0.4, -0.2) is 15.1 Å². The summed E-state index contributed by atoms with van der Waals surface area (Å²) in [5.74, 6) is -0.368. The Kier molecular flexibility index (Phi) is 3.64. The van der Waals surface area contributed by atoms with Gasteiger partial charge in [-0.05, 0) is 78.8 Å². The monoisotopic (exact) mass is 364 g/mol. The Hall–Kier alpha value is -2.95. The Morgan fingerprint density at radius 3 is 2.63 bits per heavy atom. The van der Waals surface area contributed by atoms with Crippen molar-refractivity contribution in [3.05, 3.63) is 59.3 Å². The molecule has 1 aliphatic carbocycles. The molecular weight excluding hydrogens is 346 g/mol. The third-order valence-corrected chi connectivity index (χ3v) is 5.56. The van der Waals surface area contributed by atoms with E-state index in [0.717, 1.165) is 47.8 Å². The summed E-state index contributed by atoms with van der Waals surface area (Å²) in [7, 11) is 0. The second-order valence-electron chi connectivity index (χ2n) is 7.10. The first-order valence-corrected chi connectivity index (χ1v) is 9.16. The van der Waals surface area contributed by atoms with Crippen LogP contribution < -0.4 is 0 Å². The smallest absolute Gasteiger partial charge is 0.267 e. The molecule has 4 aromatic rings. The molecule has 0 atom stereocenters. The minimum absolute atomic E-state index is 0.332. The predicted octanol–water partition coefficient (Wildman–Crippen LogP) is 5.91. The lowest BCUT2D eigenvalue weighted by molar-refractivity contribution is 0.147. The average Bonchev–Trinajstić information content (AvgIpc) is 3.16. The van der Waals surface area contributed by atoms with Crippen molar-refractivity contribution in [2.45, 2.75) is 32.1 Å². The van der Waals surface area contributed by atoms with E-state index < -0.39 is 6.43 Å². The number of H-pyrrole nitrogens is 1. The molecule has 0 saturated carbocycles. The maximum absolute atomic E-state index is 13.3. The fraction of sp³-hybridized carbons (Fsp3) is 0.227. The molecule has 27 heavy (non-hydrogen) atoms. The molecule has 2 heterocycles. The van der Waals surface area contributed by atoms with Crippen LogP contribution in [0, 0.1) is 0 Å². The van der Waals surface area contributed by atoms with Crippen molar-refractivity contribution >= 4 is 21.8 Å². The highest BCUT2D eigenvalue weighted by molar-refractivity contribution is 6.08. The number of hydrogen-bond acceptors (Lipinski definition) is 2. The molecule has 2 aromatic carbocycles. The number of phenolic OH excluding ortho intramolecular Hbond substituents is 1. The minimum Gasteiger partial charge on any atom is -0.507 e. The standard InChI is InChI=1S/C22H18F2N2O/c23-22(24)16-11-12(5-8-19(16)27)21-14-4-2-1-3-13(14)20-15-9-10-25-17(15)6-7-18(20)26-21/h5-11,22,26-27H,1-4H2. The molecule has 0 spiro atoms. The second-order valence-corrected chi connectivity index (χ2v) is 7.10. The van der Waals surface area contributed by atoms with Crippen LogP contribution in [0.25, 0.3) is 33.1 Å². The predicted molar refractivity (Wildman–Crippen MR) is 102 cm³/mol. The molecule has 0 unspecified atom stereocenters. The Balaban J connectivity index is 1.83. The number of nitrogens with one attached hydrogen (secondary N) is 1. The number of aromatic nitrogens is 2. The molecule has 136 valence electrons. The fourth-order valence-corrected chi connectivity index (χ4v) is 4.31. The van der Waals surface area contributed by atoms with Gasteiger partial charge in [-0.3, -0.25) is 4.98 Å². The third kappa shape index (κ3) is 2.49. The summed E-state index contributed by atoms with van der Waals surface area (Å²) in [6.07, 6.45) is 3.19. The minimum atomic E-state index is -2.71. The quantitative estimate of drug-likeness (QED) is 0.465. The van der Waals surface area contributed by atoms with Crippen LogP contribution in [0.5, 0.6) is 5.75 Å². The van der Waals surface area contributed by atoms with Crippen molar-refractivity contribution in [1.82, 2.24) is 9.97 Å². The zero-order valence-corrected chi connectivity index (χ0v) is 14.6. The molecule has 2 N–H and O–H groups in total. The highest BCUT2D eigenvalue weighted by Gasteiger charge is 2.21. The summed E-state index contributed by atoms with van der Waals surface area (Å²) in [5, 5.41) is 12.1. The van der Waals surface area contributed by atoms with Gasteiger partial charge >= 0.3 is 0 Å². The first-order valence-electron chi connectivity index (χ1n) is 9.16. The van der Waals surface area contributed by atoms with Gasteiger partial charge in [0.25, 0.3) is 6.43 Å². The maximum atomic E-state index is 13.3. The molecule has 3 nitrogen and oxygen atoms in total. The maximum Gasteiger partial charge on any atom is 0.267 e. The zero-order chi connectivity index (χ0) is 18.5. The molecule has 5 rings (SSSR count). The van der Waals surface area contributed by atoms with E-state index in [0.29, 0.717) is 5.56 Å². The second kappa shape index (κ2) is 6.05. The molecule has 2 aromatic heterocycles. The number of nitrogens with zero attached hydrogens (tertiary/aromatic N) is 1. The molecule has 0 aliphatic heterocycles. The number of aromatic hydroxyl groups is 1. The highest BCUT2D eigenvalue weighted by Crippen LogP contribution is 2.39. The van der Waals surface area contributed by atoms with Gasteiger partial charge in [0, 0.05) is 28.2 Å². The van der Waals surface area contributed by atoms with E-state index in [9.17, 15) is 13.9 Å². The molecular formula is C22H18F2N2O. The fourth-order valence-electron chi connectivity index (χ4n) is 4.31. The number of phenols is 1. The van der Waals surface area contributed by atoms with Gasteiger partial charge in [-0.2, -0.15) is 0 Å². The van der Waals surface area contributed by atoms with E-state index in [4.69, 9.17) is 0 Å². The SMILES string of the molecule is Oc1ccc(-c2[nH]c3ccc4nccc4c3c3c2CCCC3)cc1C(F)F. The Labute approximate surface area is 154 Å². The first kappa shape index (κ1) is 16.2. The Morgan fingerprint density at radius 1 is 1.00 bits per heavy atom. The largest absolute Gasteiger partial charge is 0.507 e. The lowest BCUT2D eigenvalue weighted by Crippen LogP contribution is -2.08. The molecule has 5 heteroatoms. The number of pyridine rings is 1.